The molecular formula is C22H49N. The van der Waals surface area contributed by atoms with E-state index in [1.165, 1.54) is 0 Å². The van der Waals surface area contributed by atoms with E-state index in [0.29, 0.717) is 28.5 Å². The highest BCUT2D eigenvalue weighted by molar-refractivity contribution is 4.85. The Morgan fingerprint density at radius 1 is 0.522 bits per heavy atom. The van der Waals surface area contributed by atoms with Crippen LogP contribution in [0.15, 0.2) is 0 Å². The lowest BCUT2D eigenvalue weighted by Gasteiger charge is -2.43. The number of nitrogens with zero attached hydrogens (tertiary/aromatic N) is 1. The monoisotopic (exact) mass is 327 g/mol. The molecule has 0 unspecified atom stereocenters. The van der Waals surface area contributed by atoms with Crippen LogP contribution < -0.4 is 0 Å². The minimum atomic E-state index is 0.294. The van der Waals surface area contributed by atoms with E-state index in [1.54, 1.807) is 0 Å². The van der Waals surface area contributed by atoms with Crippen LogP contribution in [0.4, 0.5) is 0 Å². The molecule has 0 heterocycles. The molecular weight excluding hydrogens is 278 g/mol. The summed E-state index contributed by atoms with van der Waals surface area (Å²) < 4.78 is 0. The Balaban J connectivity index is 0. The quantitative estimate of drug-likeness (QED) is 0.527. The molecule has 0 aromatic heterocycles. The van der Waals surface area contributed by atoms with Crippen molar-refractivity contribution in [3.05, 3.63) is 0 Å². The van der Waals surface area contributed by atoms with Crippen LogP contribution in [0.5, 0.6) is 0 Å². The fourth-order valence-corrected chi connectivity index (χ4v) is 5.44. The molecule has 0 saturated heterocycles. The lowest BCUT2D eigenvalue weighted by atomic mass is 9.62. The predicted octanol–water partition coefficient (Wildman–Crippen LogP) is 7.25. The minimum Gasteiger partial charge on any atom is -0.294 e. The maximum absolute atomic E-state index is 2.52. The number of hydrogen-bond donors (Lipinski definition) is 0. The van der Waals surface area contributed by atoms with Crippen molar-refractivity contribution < 1.29 is 0 Å². The molecule has 0 fully saturated rings. The molecule has 0 rings (SSSR count). The zero-order chi connectivity index (χ0) is 19.4. The molecule has 0 amide bonds. The summed E-state index contributed by atoms with van der Waals surface area (Å²) in [5.41, 5.74) is 1.14. The average molecular weight is 328 g/mol. The molecule has 0 aromatic rings. The van der Waals surface area contributed by atoms with Crippen molar-refractivity contribution in [3.63, 3.8) is 0 Å². The Morgan fingerprint density at radius 2 is 0.783 bits per heavy atom. The lowest BCUT2D eigenvalue weighted by molar-refractivity contribution is 0.0573. The molecule has 0 aromatic carbocycles. The van der Waals surface area contributed by atoms with E-state index in [0.717, 1.165) is 11.8 Å². The van der Waals surface area contributed by atoms with Gasteiger partial charge < -0.3 is 0 Å². The second-order valence-electron chi connectivity index (χ2n) is 11.2. The van der Waals surface area contributed by atoms with Crippen molar-refractivity contribution in [2.24, 2.45) is 22.7 Å². The van der Waals surface area contributed by atoms with Gasteiger partial charge >= 0.3 is 0 Å². The van der Waals surface area contributed by atoms with Gasteiger partial charge in [0.15, 0.2) is 0 Å². The molecule has 23 heavy (non-hydrogen) atoms. The molecule has 0 radical (unpaired) electrons. The standard InChI is InChI=1S/C12H26.C10H23N/c1-9(2)10(11(3,4)5)12(6,7)8;1-8(2)11(9(3)4)10(5,6)7/h9-10H,1-8H3;8-9H,1-7H3. The van der Waals surface area contributed by atoms with Crippen molar-refractivity contribution in [2.75, 3.05) is 0 Å². The van der Waals surface area contributed by atoms with Crippen molar-refractivity contribution in [1.29, 1.82) is 0 Å². The van der Waals surface area contributed by atoms with Crippen molar-refractivity contribution in [2.45, 2.75) is 121 Å². The van der Waals surface area contributed by atoms with Crippen LogP contribution in [0, 0.1) is 22.7 Å². The minimum absolute atomic E-state index is 0.294. The van der Waals surface area contributed by atoms with Gasteiger partial charge in [-0.3, -0.25) is 4.90 Å². The van der Waals surface area contributed by atoms with Gasteiger partial charge in [0.25, 0.3) is 0 Å². The summed E-state index contributed by atoms with van der Waals surface area (Å²) in [4.78, 5) is 2.52. The molecule has 0 bridgehead atoms. The van der Waals surface area contributed by atoms with Gasteiger partial charge in [-0.1, -0.05) is 55.4 Å². The van der Waals surface area contributed by atoms with Crippen molar-refractivity contribution >= 4 is 0 Å². The third-order valence-electron chi connectivity index (χ3n) is 4.42. The molecule has 1 heteroatoms. The smallest absolute Gasteiger partial charge is 0.0130 e. The van der Waals surface area contributed by atoms with E-state index < -0.39 is 0 Å². The summed E-state index contributed by atoms with van der Waals surface area (Å²) in [6.45, 7) is 34.6. The molecule has 0 N–H and O–H groups in total. The Hall–Kier alpha value is -0.0400. The maximum atomic E-state index is 2.52. The van der Waals surface area contributed by atoms with Gasteiger partial charge in [-0.2, -0.15) is 0 Å². The van der Waals surface area contributed by atoms with E-state index in [9.17, 15) is 0 Å². The van der Waals surface area contributed by atoms with E-state index in [2.05, 4.69) is 109 Å². The third kappa shape index (κ3) is 9.75. The summed E-state index contributed by atoms with van der Waals surface area (Å²) >= 11 is 0. The van der Waals surface area contributed by atoms with E-state index in [1.807, 2.05) is 0 Å². The van der Waals surface area contributed by atoms with Gasteiger partial charge in [0, 0.05) is 17.6 Å². The van der Waals surface area contributed by atoms with E-state index >= 15 is 0 Å². The molecule has 0 spiro atoms. The summed E-state index contributed by atoms with van der Waals surface area (Å²) in [5, 5.41) is 0. The Labute approximate surface area is 149 Å². The first-order chi connectivity index (χ1) is 9.83. The van der Waals surface area contributed by atoms with Gasteiger partial charge in [-0.05, 0) is 71.1 Å². The van der Waals surface area contributed by atoms with Crippen molar-refractivity contribution in [3.8, 4) is 0 Å². The second kappa shape index (κ2) is 8.88. The number of hydrogen-bond acceptors (Lipinski definition) is 1. The summed E-state index contributed by atoms with van der Waals surface area (Å²) in [6.07, 6.45) is 0. The van der Waals surface area contributed by atoms with Crippen molar-refractivity contribution in [1.82, 2.24) is 4.90 Å². The van der Waals surface area contributed by atoms with Gasteiger partial charge in [-0.15, -0.1) is 0 Å². The van der Waals surface area contributed by atoms with Gasteiger partial charge in [-0.25, -0.2) is 0 Å². The Morgan fingerprint density at radius 3 is 0.783 bits per heavy atom. The first kappa shape index (κ1) is 25.2. The first-order valence-corrected chi connectivity index (χ1v) is 9.61. The average Bonchev–Trinajstić information content (AvgIpc) is 2.05. The van der Waals surface area contributed by atoms with Crippen LogP contribution in [0.25, 0.3) is 0 Å². The fourth-order valence-electron chi connectivity index (χ4n) is 5.44. The SMILES string of the molecule is CC(C)C(C(C)(C)C)C(C)(C)C.CC(C)N(C(C)C)C(C)(C)C. The second-order valence-corrected chi connectivity index (χ2v) is 11.2. The predicted molar refractivity (Wildman–Crippen MR) is 109 cm³/mol. The lowest BCUT2D eigenvalue weighted by Crippen LogP contribution is -2.49. The largest absolute Gasteiger partial charge is 0.294 e. The van der Waals surface area contributed by atoms with Crippen LogP contribution in [0.2, 0.25) is 0 Å². The molecule has 0 saturated carbocycles. The van der Waals surface area contributed by atoms with E-state index in [-0.39, 0.29) is 0 Å². The molecule has 0 aliphatic heterocycles. The summed E-state index contributed by atoms with van der Waals surface area (Å²) in [7, 11) is 0. The molecule has 0 aliphatic rings. The topological polar surface area (TPSA) is 3.24 Å². The number of rotatable bonds is 3. The normalized spacial score (nSPS) is 14.1. The first-order valence-electron chi connectivity index (χ1n) is 9.61. The third-order valence-corrected chi connectivity index (χ3v) is 4.42. The van der Waals surface area contributed by atoms with E-state index in [4.69, 9.17) is 0 Å². The van der Waals surface area contributed by atoms with Crippen LogP contribution in [-0.4, -0.2) is 22.5 Å². The van der Waals surface area contributed by atoms with Gasteiger partial charge in [0.2, 0.25) is 0 Å². The summed E-state index contributed by atoms with van der Waals surface area (Å²) in [5.74, 6) is 1.55. The van der Waals surface area contributed by atoms with Crippen LogP contribution in [-0.2, 0) is 0 Å². The zero-order valence-corrected chi connectivity index (χ0v) is 19.3. The highest BCUT2D eigenvalue weighted by atomic mass is 15.2. The zero-order valence-electron chi connectivity index (χ0n) is 19.3. The Kier molecular flexibility index (Phi) is 9.73. The molecule has 1 nitrogen and oxygen atoms in total. The van der Waals surface area contributed by atoms with Crippen LogP contribution in [0.1, 0.15) is 104 Å². The van der Waals surface area contributed by atoms with Gasteiger partial charge in [0.1, 0.15) is 0 Å². The highest BCUT2D eigenvalue weighted by Gasteiger charge is 2.36. The van der Waals surface area contributed by atoms with Crippen LogP contribution >= 0.6 is 0 Å². The molecule has 0 atom stereocenters. The van der Waals surface area contributed by atoms with Gasteiger partial charge in [0.05, 0.1) is 0 Å². The highest BCUT2D eigenvalue weighted by Crippen LogP contribution is 2.44. The molecule has 142 valence electrons. The maximum Gasteiger partial charge on any atom is 0.0130 e. The van der Waals surface area contributed by atoms with Crippen LogP contribution in [0.3, 0.4) is 0 Å². The molecule has 0 aliphatic carbocycles. The fraction of sp³-hybridized carbons (Fsp3) is 1.00. The summed E-state index contributed by atoms with van der Waals surface area (Å²) in [6, 6.07) is 1.27. The Bertz CT molecular complexity index is 282.